The standard InChI is InChI=1S/C19H21N3O4/c1-26-9-7-22-13-10-14(21-6-8-23)17(20)16-15(13)18(24)11-4-2-3-5-12(11)19(16)25/h2-5,10,21-23H,6-9,20H2,1H3. The zero-order valence-electron chi connectivity index (χ0n) is 14.5. The molecule has 0 heterocycles. The van der Waals surface area contributed by atoms with Gasteiger partial charge in [-0.15, -0.1) is 0 Å². The minimum atomic E-state index is -0.282. The Morgan fingerprint density at radius 3 is 2.23 bits per heavy atom. The smallest absolute Gasteiger partial charge is 0.196 e. The number of fused-ring (bicyclic) bond motifs is 2. The summed E-state index contributed by atoms with van der Waals surface area (Å²) in [5, 5.41) is 15.2. The Bertz CT molecular complexity index is 864. The van der Waals surface area contributed by atoms with Crippen LogP contribution in [0.15, 0.2) is 30.3 Å². The molecule has 136 valence electrons. The fraction of sp³-hybridized carbons (Fsp3) is 0.263. The lowest BCUT2D eigenvalue weighted by atomic mass is 9.82. The van der Waals surface area contributed by atoms with Crippen LogP contribution in [0.5, 0.6) is 0 Å². The summed E-state index contributed by atoms with van der Waals surface area (Å²) in [5.74, 6) is -0.523. The zero-order valence-corrected chi connectivity index (χ0v) is 14.5. The van der Waals surface area contributed by atoms with Crippen LogP contribution in [0.2, 0.25) is 0 Å². The molecule has 0 unspecified atom stereocenters. The van der Waals surface area contributed by atoms with Crippen molar-refractivity contribution in [1.82, 2.24) is 0 Å². The maximum Gasteiger partial charge on any atom is 0.196 e. The van der Waals surface area contributed by atoms with Crippen molar-refractivity contribution < 1.29 is 19.4 Å². The molecule has 7 nitrogen and oxygen atoms in total. The number of nitrogens with two attached hydrogens (primary N) is 1. The summed E-state index contributed by atoms with van der Waals surface area (Å²) in [5.41, 5.74) is 8.61. The van der Waals surface area contributed by atoms with E-state index in [-0.39, 0.29) is 41.5 Å². The number of rotatable bonds is 7. The Labute approximate surface area is 151 Å². The van der Waals surface area contributed by atoms with Crippen LogP contribution in [-0.4, -0.2) is 50.1 Å². The Morgan fingerprint density at radius 2 is 1.62 bits per heavy atom. The van der Waals surface area contributed by atoms with Crippen LogP contribution in [-0.2, 0) is 4.74 Å². The summed E-state index contributed by atoms with van der Waals surface area (Å²) in [6, 6.07) is 8.41. The molecule has 26 heavy (non-hydrogen) atoms. The number of nitrogens with one attached hydrogen (secondary N) is 2. The van der Waals surface area contributed by atoms with Crippen LogP contribution < -0.4 is 16.4 Å². The van der Waals surface area contributed by atoms with E-state index in [2.05, 4.69) is 10.6 Å². The second kappa shape index (κ2) is 7.55. The van der Waals surface area contributed by atoms with Crippen molar-refractivity contribution in [2.45, 2.75) is 0 Å². The number of nitrogen functional groups attached to an aromatic ring is 1. The number of ketones is 2. The second-order valence-corrected chi connectivity index (χ2v) is 5.91. The molecule has 5 N–H and O–H groups in total. The molecule has 0 spiro atoms. The van der Waals surface area contributed by atoms with Gasteiger partial charge in [-0.3, -0.25) is 9.59 Å². The van der Waals surface area contributed by atoms with Gasteiger partial charge in [0, 0.05) is 37.0 Å². The molecule has 7 heteroatoms. The van der Waals surface area contributed by atoms with Crippen LogP contribution in [0.25, 0.3) is 0 Å². The van der Waals surface area contributed by atoms with E-state index >= 15 is 0 Å². The molecule has 3 rings (SSSR count). The highest BCUT2D eigenvalue weighted by Gasteiger charge is 2.34. The van der Waals surface area contributed by atoms with Crippen molar-refractivity contribution in [3.63, 3.8) is 0 Å². The molecule has 2 aromatic carbocycles. The average Bonchev–Trinajstić information content (AvgIpc) is 2.66. The number of hydrogen-bond acceptors (Lipinski definition) is 7. The van der Waals surface area contributed by atoms with Gasteiger partial charge in [-0.25, -0.2) is 0 Å². The van der Waals surface area contributed by atoms with Crippen molar-refractivity contribution in [2.24, 2.45) is 0 Å². The third kappa shape index (κ3) is 3.02. The molecule has 0 amide bonds. The fourth-order valence-electron chi connectivity index (χ4n) is 3.08. The van der Waals surface area contributed by atoms with Crippen LogP contribution in [0, 0.1) is 0 Å². The Hall–Kier alpha value is -2.90. The van der Waals surface area contributed by atoms with Gasteiger partial charge >= 0.3 is 0 Å². The fourth-order valence-corrected chi connectivity index (χ4v) is 3.08. The lowest BCUT2D eigenvalue weighted by Crippen LogP contribution is -2.25. The van der Waals surface area contributed by atoms with E-state index in [9.17, 15) is 9.59 Å². The predicted molar refractivity (Wildman–Crippen MR) is 100 cm³/mol. The molecular formula is C19H21N3O4. The van der Waals surface area contributed by atoms with E-state index in [1.165, 1.54) is 0 Å². The molecule has 0 aliphatic heterocycles. The van der Waals surface area contributed by atoms with Crippen molar-refractivity contribution >= 4 is 28.6 Å². The minimum absolute atomic E-state index is 0.0847. The van der Waals surface area contributed by atoms with E-state index in [4.69, 9.17) is 15.6 Å². The van der Waals surface area contributed by atoms with Crippen molar-refractivity contribution in [1.29, 1.82) is 0 Å². The molecule has 0 saturated heterocycles. The average molecular weight is 355 g/mol. The Morgan fingerprint density at radius 1 is 1.00 bits per heavy atom. The largest absolute Gasteiger partial charge is 0.396 e. The van der Waals surface area contributed by atoms with Crippen LogP contribution in [0.3, 0.4) is 0 Å². The van der Waals surface area contributed by atoms with Gasteiger partial charge in [0.15, 0.2) is 11.6 Å². The number of carbonyl (C=O) groups is 2. The zero-order chi connectivity index (χ0) is 18.7. The topological polar surface area (TPSA) is 114 Å². The summed E-state index contributed by atoms with van der Waals surface area (Å²) < 4.78 is 5.04. The monoisotopic (exact) mass is 355 g/mol. The first-order valence-electron chi connectivity index (χ1n) is 8.32. The van der Waals surface area contributed by atoms with Crippen molar-refractivity contribution in [3.05, 3.63) is 52.6 Å². The van der Waals surface area contributed by atoms with E-state index < -0.39 is 0 Å². The van der Waals surface area contributed by atoms with Gasteiger partial charge in [0.1, 0.15) is 0 Å². The first-order chi connectivity index (χ1) is 12.6. The SMILES string of the molecule is COCCNc1cc(NCCO)c(N)c2c1C(=O)c1ccccc1C2=O. The van der Waals surface area contributed by atoms with Gasteiger partial charge in [0.25, 0.3) is 0 Å². The van der Waals surface area contributed by atoms with E-state index in [0.29, 0.717) is 35.7 Å². The number of benzene rings is 2. The first kappa shape index (κ1) is 17.9. The van der Waals surface area contributed by atoms with Gasteiger partial charge in [0.2, 0.25) is 0 Å². The van der Waals surface area contributed by atoms with Gasteiger partial charge in [-0.05, 0) is 6.07 Å². The summed E-state index contributed by atoms with van der Waals surface area (Å²) >= 11 is 0. The molecule has 1 aliphatic carbocycles. The summed E-state index contributed by atoms with van der Waals surface area (Å²) in [6.07, 6.45) is 0. The minimum Gasteiger partial charge on any atom is -0.396 e. The summed E-state index contributed by atoms with van der Waals surface area (Å²) in [6.45, 7) is 1.10. The van der Waals surface area contributed by atoms with Crippen LogP contribution >= 0.6 is 0 Å². The molecule has 0 atom stereocenters. The van der Waals surface area contributed by atoms with E-state index in [1.807, 2.05) is 0 Å². The number of aliphatic hydroxyl groups is 1. The third-order valence-corrected chi connectivity index (χ3v) is 4.29. The highest BCUT2D eigenvalue weighted by molar-refractivity contribution is 6.32. The maximum atomic E-state index is 13.0. The van der Waals surface area contributed by atoms with E-state index in [0.717, 1.165) is 0 Å². The van der Waals surface area contributed by atoms with Crippen LogP contribution in [0.4, 0.5) is 17.1 Å². The molecule has 0 fully saturated rings. The van der Waals surface area contributed by atoms with Crippen molar-refractivity contribution in [3.8, 4) is 0 Å². The number of aliphatic hydroxyl groups excluding tert-OH is 1. The van der Waals surface area contributed by atoms with Gasteiger partial charge in [-0.1, -0.05) is 24.3 Å². The molecule has 2 aromatic rings. The maximum absolute atomic E-state index is 13.0. The number of ether oxygens (including phenoxy) is 1. The Balaban J connectivity index is 2.17. The first-order valence-corrected chi connectivity index (χ1v) is 8.32. The lowest BCUT2D eigenvalue weighted by Gasteiger charge is -2.24. The predicted octanol–water partition coefficient (Wildman–Crippen LogP) is 1.51. The quantitative estimate of drug-likeness (QED) is 0.375. The normalized spacial score (nSPS) is 12.5. The van der Waals surface area contributed by atoms with Gasteiger partial charge in [-0.2, -0.15) is 0 Å². The van der Waals surface area contributed by atoms with Crippen molar-refractivity contribution in [2.75, 3.05) is 49.8 Å². The molecule has 0 saturated carbocycles. The number of methoxy groups -OCH3 is 1. The molecule has 0 aromatic heterocycles. The number of carbonyl (C=O) groups excluding carboxylic acids is 2. The molecule has 1 aliphatic rings. The third-order valence-electron chi connectivity index (χ3n) is 4.29. The van der Waals surface area contributed by atoms with Gasteiger partial charge < -0.3 is 26.2 Å². The highest BCUT2D eigenvalue weighted by atomic mass is 16.5. The van der Waals surface area contributed by atoms with Gasteiger partial charge in [0.05, 0.1) is 35.7 Å². The summed E-state index contributed by atoms with van der Waals surface area (Å²) in [7, 11) is 1.58. The molecule has 0 radical (unpaired) electrons. The van der Waals surface area contributed by atoms with E-state index in [1.54, 1.807) is 37.4 Å². The molecule has 0 bridgehead atoms. The lowest BCUT2D eigenvalue weighted by molar-refractivity contribution is 0.0980. The highest BCUT2D eigenvalue weighted by Crippen LogP contribution is 2.39. The molecular weight excluding hydrogens is 334 g/mol. The Kier molecular flexibility index (Phi) is 5.20. The second-order valence-electron chi connectivity index (χ2n) is 5.91. The number of hydrogen-bond donors (Lipinski definition) is 4. The van der Waals surface area contributed by atoms with Crippen LogP contribution in [0.1, 0.15) is 31.8 Å². The summed E-state index contributed by atoms with van der Waals surface area (Å²) in [4.78, 5) is 26.1. The number of anilines is 3.